The Morgan fingerprint density at radius 1 is 1.47 bits per heavy atom. The zero-order valence-electron chi connectivity index (χ0n) is 12.1. The molecule has 0 amide bonds. The zero-order valence-corrected chi connectivity index (χ0v) is 12.1. The summed E-state index contributed by atoms with van der Waals surface area (Å²) < 4.78 is 8.13. The topological polar surface area (TPSA) is 39.1 Å². The molecule has 3 heterocycles. The quantitative estimate of drug-likeness (QED) is 0.907. The summed E-state index contributed by atoms with van der Waals surface area (Å²) in [5.74, 6) is 2.42. The third-order valence-electron chi connectivity index (χ3n) is 4.23. The minimum absolute atomic E-state index is 0.495. The average molecular weight is 263 g/mol. The van der Waals surface area contributed by atoms with Gasteiger partial charge in [-0.15, -0.1) is 0 Å². The van der Waals surface area contributed by atoms with Crippen LogP contribution in [0.5, 0.6) is 0 Å². The average Bonchev–Trinajstić information content (AvgIpc) is 2.79. The second-order valence-electron chi connectivity index (χ2n) is 6.14. The molecule has 1 unspecified atom stereocenters. The number of nitrogens with one attached hydrogen (secondary N) is 1. The molecule has 0 saturated carbocycles. The highest BCUT2D eigenvalue weighted by Gasteiger charge is 2.24. The van der Waals surface area contributed by atoms with Crippen LogP contribution in [0.25, 0.3) is 0 Å². The molecule has 0 aromatic carbocycles. The van der Waals surface area contributed by atoms with Crippen LogP contribution in [0.2, 0.25) is 0 Å². The molecule has 1 aromatic rings. The first-order valence-electron chi connectivity index (χ1n) is 7.62. The molecule has 0 aliphatic carbocycles. The predicted octanol–water partition coefficient (Wildman–Crippen LogP) is 2.08. The van der Waals surface area contributed by atoms with Crippen LogP contribution >= 0.6 is 0 Å². The molecule has 1 aromatic heterocycles. The van der Waals surface area contributed by atoms with Crippen molar-refractivity contribution >= 4 is 0 Å². The summed E-state index contributed by atoms with van der Waals surface area (Å²) in [6.07, 6.45) is 3.62. The summed E-state index contributed by atoms with van der Waals surface area (Å²) in [4.78, 5) is 4.88. The number of hydrogen-bond acceptors (Lipinski definition) is 3. The highest BCUT2D eigenvalue weighted by molar-refractivity contribution is 5.21. The summed E-state index contributed by atoms with van der Waals surface area (Å²) in [5, 5.41) is 3.42. The fraction of sp³-hybridized carbons (Fsp3) is 0.800. The van der Waals surface area contributed by atoms with E-state index < -0.39 is 0 Å². The Hall–Kier alpha value is -0.870. The number of nitrogens with zero attached hydrogens (tertiary/aromatic N) is 2. The smallest absolute Gasteiger partial charge is 0.111 e. The van der Waals surface area contributed by atoms with E-state index >= 15 is 0 Å². The van der Waals surface area contributed by atoms with E-state index in [1.165, 1.54) is 30.1 Å². The van der Waals surface area contributed by atoms with Crippen LogP contribution in [0.4, 0.5) is 0 Å². The molecule has 0 radical (unpaired) electrons. The molecule has 1 saturated heterocycles. The van der Waals surface area contributed by atoms with Crippen LogP contribution in [0, 0.1) is 5.92 Å². The van der Waals surface area contributed by atoms with Gasteiger partial charge in [0.25, 0.3) is 0 Å². The van der Waals surface area contributed by atoms with Crippen LogP contribution in [0.15, 0.2) is 0 Å². The van der Waals surface area contributed by atoms with Gasteiger partial charge in [0, 0.05) is 50.2 Å². The number of imidazole rings is 1. The van der Waals surface area contributed by atoms with Crippen molar-refractivity contribution in [1.29, 1.82) is 0 Å². The summed E-state index contributed by atoms with van der Waals surface area (Å²) in [5.41, 5.74) is 2.74. The molecular weight excluding hydrogens is 238 g/mol. The van der Waals surface area contributed by atoms with E-state index in [2.05, 4.69) is 23.7 Å². The van der Waals surface area contributed by atoms with Gasteiger partial charge in [-0.25, -0.2) is 4.98 Å². The van der Waals surface area contributed by atoms with Gasteiger partial charge in [-0.05, 0) is 12.8 Å². The molecule has 1 N–H and O–H groups in total. The predicted molar refractivity (Wildman–Crippen MR) is 75.3 cm³/mol. The fourth-order valence-corrected chi connectivity index (χ4v) is 3.25. The standard InChI is InChI=1S/C15H25N3O/c1-11(2)15-17-13-8-16-6-5-14(13)18(15)9-12-4-3-7-19-10-12/h11-12,16H,3-10H2,1-2H3. The Labute approximate surface area is 115 Å². The summed E-state index contributed by atoms with van der Waals surface area (Å²) in [7, 11) is 0. The van der Waals surface area contributed by atoms with Crippen LogP contribution < -0.4 is 5.32 Å². The van der Waals surface area contributed by atoms with Crippen LogP contribution in [-0.2, 0) is 24.2 Å². The summed E-state index contributed by atoms with van der Waals surface area (Å²) >= 11 is 0. The fourth-order valence-electron chi connectivity index (χ4n) is 3.25. The van der Waals surface area contributed by atoms with Crippen LogP contribution in [0.3, 0.4) is 0 Å². The van der Waals surface area contributed by atoms with E-state index in [0.717, 1.165) is 39.3 Å². The van der Waals surface area contributed by atoms with E-state index in [4.69, 9.17) is 9.72 Å². The summed E-state index contributed by atoms with van der Waals surface area (Å²) in [6.45, 7) is 9.46. The Kier molecular flexibility index (Phi) is 3.89. The Bertz CT molecular complexity index is 433. The molecule has 0 spiro atoms. The van der Waals surface area contributed by atoms with Crippen molar-refractivity contribution in [2.24, 2.45) is 5.92 Å². The number of fused-ring (bicyclic) bond motifs is 1. The van der Waals surface area contributed by atoms with Crippen LogP contribution in [-0.4, -0.2) is 29.3 Å². The highest BCUT2D eigenvalue weighted by Crippen LogP contribution is 2.25. The zero-order chi connectivity index (χ0) is 13.2. The van der Waals surface area contributed by atoms with Crippen molar-refractivity contribution in [2.75, 3.05) is 19.8 Å². The third-order valence-corrected chi connectivity index (χ3v) is 4.23. The van der Waals surface area contributed by atoms with Crippen molar-refractivity contribution in [3.05, 3.63) is 17.2 Å². The van der Waals surface area contributed by atoms with E-state index in [-0.39, 0.29) is 0 Å². The van der Waals surface area contributed by atoms with Gasteiger partial charge in [-0.1, -0.05) is 13.8 Å². The lowest BCUT2D eigenvalue weighted by Gasteiger charge is -2.25. The minimum Gasteiger partial charge on any atom is -0.381 e. The maximum Gasteiger partial charge on any atom is 0.111 e. The van der Waals surface area contributed by atoms with Gasteiger partial charge in [0.15, 0.2) is 0 Å². The number of rotatable bonds is 3. The first kappa shape index (κ1) is 13.1. The third kappa shape index (κ3) is 2.70. The van der Waals surface area contributed by atoms with Gasteiger partial charge in [0.2, 0.25) is 0 Å². The van der Waals surface area contributed by atoms with Gasteiger partial charge in [0.1, 0.15) is 5.82 Å². The number of aromatic nitrogens is 2. The van der Waals surface area contributed by atoms with Gasteiger partial charge in [0.05, 0.1) is 12.3 Å². The van der Waals surface area contributed by atoms with Gasteiger partial charge in [-0.2, -0.15) is 0 Å². The highest BCUT2D eigenvalue weighted by atomic mass is 16.5. The molecule has 106 valence electrons. The van der Waals surface area contributed by atoms with Crippen molar-refractivity contribution in [3.8, 4) is 0 Å². The number of ether oxygens (including phenoxy) is 1. The maximum absolute atomic E-state index is 5.63. The van der Waals surface area contributed by atoms with Crippen molar-refractivity contribution < 1.29 is 4.74 Å². The van der Waals surface area contributed by atoms with Crippen molar-refractivity contribution in [3.63, 3.8) is 0 Å². The lowest BCUT2D eigenvalue weighted by molar-refractivity contribution is 0.0476. The largest absolute Gasteiger partial charge is 0.381 e. The van der Waals surface area contributed by atoms with Crippen LogP contribution in [0.1, 0.15) is 49.8 Å². The Morgan fingerprint density at radius 3 is 3.11 bits per heavy atom. The van der Waals surface area contributed by atoms with E-state index in [0.29, 0.717) is 11.8 Å². The molecule has 0 bridgehead atoms. The Balaban J connectivity index is 1.86. The lowest BCUT2D eigenvalue weighted by atomic mass is 10.0. The molecule has 4 nitrogen and oxygen atoms in total. The SMILES string of the molecule is CC(C)c1nc2c(n1CC1CCCOC1)CCNC2. The number of hydrogen-bond donors (Lipinski definition) is 1. The van der Waals surface area contributed by atoms with Gasteiger partial charge in [-0.3, -0.25) is 0 Å². The normalized spacial score (nSPS) is 23.6. The second kappa shape index (κ2) is 5.63. The van der Waals surface area contributed by atoms with Gasteiger partial charge >= 0.3 is 0 Å². The van der Waals surface area contributed by atoms with Gasteiger partial charge < -0.3 is 14.6 Å². The monoisotopic (exact) mass is 263 g/mol. The molecule has 2 aliphatic heterocycles. The minimum atomic E-state index is 0.495. The molecule has 1 atom stereocenters. The van der Waals surface area contributed by atoms with E-state index in [1.54, 1.807) is 0 Å². The molecule has 1 fully saturated rings. The molecule has 3 rings (SSSR count). The molecule has 2 aliphatic rings. The second-order valence-corrected chi connectivity index (χ2v) is 6.14. The molecular formula is C15H25N3O. The summed E-state index contributed by atoms with van der Waals surface area (Å²) in [6, 6.07) is 0. The molecule has 4 heteroatoms. The Morgan fingerprint density at radius 2 is 2.37 bits per heavy atom. The maximum atomic E-state index is 5.63. The van der Waals surface area contributed by atoms with Crippen molar-refractivity contribution in [1.82, 2.24) is 14.9 Å². The van der Waals surface area contributed by atoms with E-state index in [9.17, 15) is 0 Å². The lowest BCUT2D eigenvalue weighted by Crippen LogP contribution is -2.28. The van der Waals surface area contributed by atoms with Crippen molar-refractivity contribution in [2.45, 2.75) is 52.1 Å². The molecule has 19 heavy (non-hydrogen) atoms. The van der Waals surface area contributed by atoms with E-state index in [1.807, 2.05) is 0 Å². The first-order valence-corrected chi connectivity index (χ1v) is 7.62. The first-order chi connectivity index (χ1) is 9.25.